The Balaban J connectivity index is 1.26. The monoisotopic (exact) mass is 600 g/mol. The van der Waals surface area contributed by atoms with Gasteiger partial charge in [0.2, 0.25) is 0 Å². The molecule has 1 aliphatic heterocycles. The summed E-state index contributed by atoms with van der Waals surface area (Å²) in [5.74, 6) is -0.366. The molecule has 1 saturated carbocycles. The molecule has 5 aromatic rings. The van der Waals surface area contributed by atoms with Gasteiger partial charge in [-0.1, -0.05) is 135 Å². The van der Waals surface area contributed by atoms with Gasteiger partial charge in [0.25, 0.3) is 11.8 Å². The lowest BCUT2D eigenvalue weighted by atomic mass is 9.94. The van der Waals surface area contributed by atoms with Crippen molar-refractivity contribution < 1.29 is 9.59 Å². The van der Waals surface area contributed by atoms with Crippen LogP contribution in [0.15, 0.2) is 140 Å². The second-order valence-electron chi connectivity index (χ2n) is 11.9. The maximum atomic E-state index is 14.2. The Morgan fingerprint density at radius 3 is 1.39 bits per heavy atom. The molecule has 7 rings (SSSR count). The number of anilines is 3. The number of amides is 2. The number of hydrogen-bond acceptors (Lipinski definition) is 3. The van der Waals surface area contributed by atoms with E-state index in [0.717, 1.165) is 71.4 Å². The molecular weight excluding hydrogens is 564 g/mol. The first kappa shape index (κ1) is 29.2. The third kappa shape index (κ3) is 5.94. The van der Waals surface area contributed by atoms with Gasteiger partial charge in [-0.3, -0.25) is 14.5 Å². The van der Waals surface area contributed by atoms with Crippen molar-refractivity contribution in [2.24, 2.45) is 0 Å². The van der Waals surface area contributed by atoms with E-state index in [9.17, 15) is 9.59 Å². The van der Waals surface area contributed by atoms with Crippen LogP contribution in [0.25, 0.3) is 23.3 Å². The highest BCUT2D eigenvalue weighted by Gasteiger charge is 2.43. The maximum absolute atomic E-state index is 14.2. The SMILES string of the molecule is O=C1C(c2ccc(/C=C/c3ccccc3)cc2)=C(c2ccc(N(c3ccccc3)c3ccccc3)cc2)C(=O)N1C1CCCCC1. The highest BCUT2D eigenvalue weighted by Crippen LogP contribution is 2.41. The fourth-order valence-electron chi connectivity index (χ4n) is 6.65. The smallest absolute Gasteiger partial charge is 0.262 e. The zero-order valence-electron chi connectivity index (χ0n) is 25.8. The Hall–Kier alpha value is -5.48. The van der Waals surface area contributed by atoms with Crippen molar-refractivity contribution in [1.82, 2.24) is 4.90 Å². The maximum Gasteiger partial charge on any atom is 0.262 e. The van der Waals surface area contributed by atoms with Crippen LogP contribution in [0, 0.1) is 0 Å². The van der Waals surface area contributed by atoms with Crippen LogP contribution in [0.1, 0.15) is 54.4 Å². The largest absolute Gasteiger partial charge is 0.311 e. The molecule has 0 atom stereocenters. The predicted octanol–water partition coefficient (Wildman–Crippen LogP) is 9.94. The fourth-order valence-corrected chi connectivity index (χ4v) is 6.65. The highest BCUT2D eigenvalue weighted by atomic mass is 16.2. The van der Waals surface area contributed by atoms with E-state index in [0.29, 0.717) is 11.1 Å². The number of nitrogens with zero attached hydrogens (tertiary/aromatic N) is 2. The molecule has 1 aliphatic carbocycles. The van der Waals surface area contributed by atoms with Crippen molar-refractivity contribution in [2.45, 2.75) is 38.1 Å². The average Bonchev–Trinajstić information content (AvgIpc) is 3.39. The normalized spacial score (nSPS) is 15.6. The van der Waals surface area contributed by atoms with E-state index in [1.807, 2.05) is 103 Å². The number of hydrogen-bond donors (Lipinski definition) is 0. The molecule has 0 spiro atoms. The van der Waals surface area contributed by atoms with Crippen LogP contribution in [0.4, 0.5) is 17.1 Å². The average molecular weight is 601 g/mol. The lowest BCUT2D eigenvalue weighted by molar-refractivity contribution is -0.139. The summed E-state index contributed by atoms with van der Waals surface area (Å²) in [5.41, 5.74) is 7.70. The second-order valence-corrected chi connectivity index (χ2v) is 11.9. The molecule has 0 N–H and O–H groups in total. The molecule has 2 aliphatic rings. The Bertz CT molecular complexity index is 1830. The number of carbonyl (C=O) groups is 2. The molecule has 4 nitrogen and oxygen atoms in total. The summed E-state index contributed by atoms with van der Waals surface area (Å²) in [6, 6.07) is 46.6. The molecule has 0 aromatic heterocycles. The molecule has 4 heteroatoms. The first-order chi connectivity index (χ1) is 22.7. The van der Waals surface area contributed by atoms with Crippen LogP contribution in [0.3, 0.4) is 0 Å². The van der Waals surface area contributed by atoms with Crippen LogP contribution in [-0.2, 0) is 9.59 Å². The van der Waals surface area contributed by atoms with Gasteiger partial charge in [0.05, 0.1) is 11.1 Å². The van der Waals surface area contributed by atoms with E-state index < -0.39 is 0 Å². The topological polar surface area (TPSA) is 40.6 Å². The Morgan fingerprint density at radius 2 is 0.891 bits per heavy atom. The summed E-state index contributed by atoms with van der Waals surface area (Å²) >= 11 is 0. The summed E-state index contributed by atoms with van der Waals surface area (Å²) < 4.78 is 0. The van der Waals surface area contributed by atoms with Crippen molar-refractivity contribution in [3.05, 3.63) is 162 Å². The van der Waals surface area contributed by atoms with Crippen molar-refractivity contribution in [1.29, 1.82) is 0 Å². The van der Waals surface area contributed by atoms with Crippen molar-refractivity contribution in [3.8, 4) is 0 Å². The fraction of sp³-hybridized carbons (Fsp3) is 0.143. The molecule has 1 fully saturated rings. The van der Waals surface area contributed by atoms with E-state index in [4.69, 9.17) is 0 Å². The molecule has 2 amide bonds. The molecule has 0 unspecified atom stereocenters. The Labute approximate surface area is 270 Å². The van der Waals surface area contributed by atoms with Gasteiger partial charge < -0.3 is 4.90 Å². The van der Waals surface area contributed by atoms with E-state index in [-0.39, 0.29) is 17.9 Å². The van der Waals surface area contributed by atoms with E-state index in [1.54, 1.807) is 4.90 Å². The van der Waals surface area contributed by atoms with E-state index in [1.165, 1.54) is 0 Å². The van der Waals surface area contributed by atoms with Crippen LogP contribution < -0.4 is 4.90 Å². The minimum Gasteiger partial charge on any atom is -0.311 e. The van der Waals surface area contributed by atoms with Crippen molar-refractivity contribution in [3.63, 3.8) is 0 Å². The molecule has 226 valence electrons. The van der Waals surface area contributed by atoms with Gasteiger partial charge in [0.15, 0.2) is 0 Å². The minimum absolute atomic E-state index is 0.0553. The lowest BCUT2D eigenvalue weighted by Gasteiger charge is -2.30. The molecule has 5 aromatic carbocycles. The second kappa shape index (κ2) is 13.3. The Kier molecular flexibility index (Phi) is 8.42. The minimum atomic E-state index is -0.185. The quantitative estimate of drug-likeness (QED) is 0.131. The molecule has 0 bridgehead atoms. The molecule has 46 heavy (non-hydrogen) atoms. The van der Waals surface area contributed by atoms with Crippen LogP contribution in [0.2, 0.25) is 0 Å². The summed E-state index contributed by atoms with van der Waals surface area (Å²) in [5, 5.41) is 0. The highest BCUT2D eigenvalue weighted by molar-refractivity contribution is 6.49. The molecule has 0 radical (unpaired) electrons. The summed E-state index contributed by atoms with van der Waals surface area (Å²) in [7, 11) is 0. The van der Waals surface area contributed by atoms with Crippen LogP contribution >= 0.6 is 0 Å². The van der Waals surface area contributed by atoms with Gasteiger partial charge in [0.1, 0.15) is 0 Å². The van der Waals surface area contributed by atoms with Crippen molar-refractivity contribution >= 4 is 52.2 Å². The Morgan fingerprint density at radius 1 is 0.478 bits per heavy atom. The number of benzene rings is 5. The summed E-state index contributed by atoms with van der Waals surface area (Å²) in [6.45, 7) is 0. The zero-order valence-corrected chi connectivity index (χ0v) is 25.8. The lowest BCUT2D eigenvalue weighted by Crippen LogP contribution is -2.42. The number of rotatable bonds is 8. The summed E-state index contributed by atoms with van der Waals surface area (Å²) in [4.78, 5) is 32.1. The first-order valence-corrected chi connectivity index (χ1v) is 16.1. The van der Waals surface area contributed by atoms with Gasteiger partial charge >= 0.3 is 0 Å². The van der Waals surface area contributed by atoms with Crippen LogP contribution in [0.5, 0.6) is 0 Å². The van der Waals surface area contributed by atoms with Gasteiger partial charge in [-0.05, 0) is 71.5 Å². The predicted molar refractivity (Wildman–Crippen MR) is 188 cm³/mol. The molecular formula is C42H36N2O2. The third-order valence-corrected chi connectivity index (χ3v) is 8.97. The van der Waals surface area contributed by atoms with Crippen LogP contribution in [-0.4, -0.2) is 22.8 Å². The zero-order chi connectivity index (χ0) is 31.3. The standard InChI is InChI=1S/C42H36N2O2/c45-41-39(33-25-23-32(24-26-33)22-21-31-13-5-1-6-14-31)40(42(46)44(41)37-19-11-4-12-20-37)34-27-29-38(30-28-34)43(35-15-7-2-8-16-35)36-17-9-3-10-18-36/h1-3,5-10,13-18,21-30,37H,4,11-12,19-20H2/b22-21+. The number of imide groups is 1. The first-order valence-electron chi connectivity index (χ1n) is 16.1. The van der Waals surface area contributed by atoms with Crippen molar-refractivity contribution in [2.75, 3.05) is 4.90 Å². The molecule has 1 heterocycles. The van der Waals surface area contributed by atoms with Gasteiger partial charge in [-0.2, -0.15) is 0 Å². The van der Waals surface area contributed by atoms with E-state index >= 15 is 0 Å². The number of carbonyl (C=O) groups excluding carboxylic acids is 2. The number of para-hydroxylation sites is 2. The van der Waals surface area contributed by atoms with E-state index in [2.05, 4.69) is 53.5 Å². The van der Waals surface area contributed by atoms with Gasteiger partial charge in [-0.15, -0.1) is 0 Å². The third-order valence-electron chi connectivity index (χ3n) is 8.97. The van der Waals surface area contributed by atoms with Gasteiger partial charge in [0, 0.05) is 23.1 Å². The molecule has 0 saturated heterocycles. The summed E-state index contributed by atoms with van der Waals surface area (Å²) in [6.07, 6.45) is 9.10. The van der Waals surface area contributed by atoms with Gasteiger partial charge in [-0.25, -0.2) is 0 Å².